The van der Waals surface area contributed by atoms with E-state index in [9.17, 15) is 4.79 Å². The zero-order chi connectivity index (χ0) is 12.3. The minimum absolute atomic E-state index is 0.212. The maximum Gasteiger partial charge on any atom is 0.309 e. The smallest absolute Gasteiger partial charge is 0.309 e. The van der Waals surface area contributed by atoms with Gasteiger partial charge in [-0.25, -0.2) is 0 Å². The van der Waals surface area contributed by atoms with Crippen molar-refractivity contribution in [1.82, 2.24) is 0 Å². The standard InChI is InChI=1S/C10H8Cl4O2/c11-7-2-1-5(4-8(7)12)3-6(9(13)14)10(15)16/h1-2,4,6,9H,3H2,(H,15,16). The predicted octanol–water partition coefficient (Wildman–Crippen LogP) is 4.04. The molecule has 6 heteroatoms. The van der Waals surface area contributed by atoms with Gasteiger partial charge in [-0.3, -0.25) is 4.79 Å². The molecule has 0 bridgehead atoms. The molecule has 88 valence electrons. The topological polar surface area (TPSA) is 37.3 Å². The molecule has 0 saturated carbocycles. The summed E-state index contributed by atoms with van der Waals surface area (Å²) in [7, 11) is 0. The monoisotopic (exact) mass is 300 g/mol. The largest absolute Gasteiger partial charge is 0.481 e. The van der Waals surface area contributed by atoms with Gasteiger partial charge in [0.15, 0.2) is 0 Å². The molecule has 0 spiro atoms. The van der Waals surface area contributed by atoms with Gasteiger partial charge in [0.05, 0.1) is 16.0 Å². The van der Waals surface area contributed by atoms with Gasteiger partial charge < -0.3 is 5.11 Å². The summed E-state index contributed by atoms with van der Waals surface area (Å²) >= 11 is 22.7. The fraction of sp³-hybridized carbons (Fsp3) is 0.300. The third-order valence-electron chi connectivity index (χ3n) is 2.06. The van der Waals surface area contributed by atoms with Crippen molar-refractivity contribution in [2.45, 2.75) is 11.3 Å². The molecule has 1 unspecified atom stereocenters. The molecule has 1 N–H and O–H groups in total. The van der Waals surface area contributed by atoms with Gasteiger partial charge in [0.1, 0.15) is 4.84 Å². The molecular weight excluding hydrogens is 294 g/mol. The average Bonchev–Trinajstić information content (AvgIpc) is 2.18. The van der Waals surface area contributed by atoms with E-state index >= 15 is 0 Å². The Hall–Kier alpha value is -0.150. The van der Waals surface area contributed by atoms with Crippen molar-refractivity contribution in [3.63, 3.8) is 0 Å². The summed E-state index contributed by atoms with van der Waals surface area (Å²) in [4.78, 5) is 9.90. The molecule has 1 rings (SSSR count). The molecule has 1 aromatic carbocycles. The maximum atomic E-state index is 10.9. The van der Waals surface area contributed by atoms with Crippen LogP contribution < -0.4 is 0 Å². The first-order chi connectivity index (χ1) is 7.41. The third kappa shape index (κ3) is 3.70. The molecule has 0 radical (unpaired) electrons. The quantitative estimate of drug-likeness (QED) is 0.852. The molecule has 0 aliphatic rings. The lowest BCUT2D eigenvalue weighted by atomic mass is 10.0. The van der Waals surface area contributed by atoms with Crippen LogP contribution in [0.15, 0.2) is 18.2 Å². The molecule has 1 aromatic rings. The number of carbonyl (C=O) groups is 1. The summed E-state index contributed by atoms with van der Waals surface area (Å²) in [6.45, 7) is 0. The minimum atomic E-state index is -1.04. The highest BCUT2D eigenvalue weighted by Crippen LogP contribution is 2.26. The van der Waals surface area contributed by atoms with Crippen molar-refractivity contribution < 1.29 is 9.90 Å². The number of carboxylic acid groups (broad SMARTS) is 1. The van der Waals surface area contributed by atoms with Gasteiger partial charge in [0.25, 0.3) is 0 Å². The van der Waals surface area contributed by atoms with E-state index in [-0.39, 0.29) is 6.42 Å². The molecular formula is C10H8Cl4O2. The van der Waals surface area contributed by atoms with E-state index in [4.69, 9.17) is 51.5 Å². The molecule has 0 aliphatic carbocycles. The maximum absolute atomic E-state index is 10.9. The van der Waals surface area contributed by atoms with Gasteiger partial charge in [-0.15, -0.1) is 23.2 Å². The second kappa shape index (κ2) is 5.97. The van der Waals surface area contributed by atoms with Crippen LogP contribution in [0.4, 0.5) is 0 Å². The third-order valence-corrected chi connectivity index (χ3v) is 3.41. The first kappa shape index (κ1) is 13.9. The molecule has 0 fully saturated rings. The summed E-state index contributed by atoms with van der Waals surface area (Å²) in [6, 6.07) is 4.91. The number of hydrogen-bond donors (Lipinski definition) is 1. The summed E-state index contributed by atoms with van der Waals surface area (Å²) in [5.74, 6) is -1.90. The van der Waals surface area contributed by atoms with Gasteiger partial charge in [0.2, 0.25) is 0 Å². The van der Waals surface area contributed by atoms with Crippen LogP contribution in [0.3, 0.4) is 0 Å². The average molecular weight is 302 g/mol. The Labute approximate surface area is 113 Å². The molecule has 16 heavy (non-hydrogen) atoms. The van der Waals surface area contributed by atoms with Gasteiger partial charge >= 0.3 is 5.97 Å². The summed E-state index contributed by atoms with van der Waals surface area (Å²) in [5, 5.41) is 9.70. The highest BCUT2D eigenvalue weighted by molar-refractivity contribution is 6.45. The van der Waals surface area contributed by atoms with Crippen LogP contribution >= 0.6 is 46.4 Å². The van der Waals surface area contributed by atoms with E-state index in [1.165, 1.54) is 0 Å². The summed E-state index contributed by atoms with van der Waals surface area (Å²) in [6.07, 6.45) is 0.212. The van der Waals surface area contributed by atoms with Crippen LogP contribution in [0.25, 0.3) is 0 Å². The minimum Gasteiger partial charge on any atom is -0.481 e. The highest BCUT2D eigenvalue weighted by Gasteiger charge is 2.25. The van der Waals surface area contributed by atoms with Gasteiger partial charge in [0, 0.05) is 0 Å². The van der Waals surface area contributed by atoms with Crippen LogP contribution in [-0.4, -0.2) is 15.9 Å². The molecule has 0 heterocycles. The van der Waals surface area contributed by atoms with Crippen molar-refractivity contribution in [1.29, 1.82) is 0 Å². The van der Waals surface area contributed by atoms with Crippen LogP contribution in [0.5, 0.6) is 0 Å². The van der Waals surface area contributed by atoms with Crippen LogP contribution in [0.1, 0.15) is 5.56 Å². The Morgan fingerprint density at radius 3 is 2.31 bits per heavy atom. The van der Waals surface area contributed by atoms with Crippen LogP contribution in [0.2, 0.25) is 10.0 Å². The molecule has 1 atom stereocenters. The summed E-state index contributed by atoms with van der Waals surface area (Å²) < 4.78 is 0. The van der Waals surface area contributed by atoms with E-state index in [1.54, 1.807) is 18.2 Å². The second-order valence-electron chi connectivity index (χ2n) is 3.23. The Kier molecular flexibility index (Phi) is 5.19. The van der Waals surface area contributed by atoms with Crippen molar-refractivity contribution in [3.8, 4) is 0 Å². The zero-order valence-corrected chi connectivity index (χ0v) is 11.0. The molecule has 0 aliphatic heterocycles. The normalized spacial score (nSPS) is 12.8. The zero-order valence-electron chi connectivity index (χ0n) is 7.96. The SMILES string of the molecule is O=C(O)C(Cc1ccc(Cl)c(Cl)c1)C(Cl)Cl. The van der Waals surface area contributed by atoms with E-state index in [2.05, 4.69) is 0 Å². The van der Waals surface area contributed by atoms with Crippen molar-refractivity contribution in [2.75, 3.05) is 0 Å². The fourth-order valence-electron chi connectivity index (χ4n) is 1.20. The number of rotatable bonds is 4. The van der Waals surface area contributed by atoms with Gasteiger partial charge in [-0.05, 0) is 24.1 Å². The lowest BCUT2D eigenvalue weighted by Crippen LogP contribution is -2.22. The van der Waals surface area contributed by atoms with Gasteiger partial charge in [-0.1, -0.05) is 29.3 Å². The number of carboxylic acids is 1. The first-order valence-corrected chi connectivity index (χ1v) is 5.99. The predicted molar refractivity (Wildman–Crippen MR) is 66.8 cm³/mol. The van der Waals surface area contributed by atoms with Gasteiger partial charge in [-0.2, -0.15) is 0 Å². The molecule has 2 nitrogen and oxygen atoms in total. The lowest BCUT2D eigenvalue weighted by molar-refractivity contribution is -0.141. The number of aliphatic carboxylic acids is 1. The van der Waals surface area contributed by atoms with E-state index in [0.717, 1.165) is 5.56 Å². The molecule has 0 saturated heterocycles. The van der Waals surface area contributed by atoms with Crippen LogP contribution in [0, 0.1) is 5.92 Å². The Balaban J connectivity index is 2.86. The van der Waals surface area contributed by atoms with E-state index in [0.29, 0.717) is 10.0 Å². The highest BCUT2D eigenvalue weighted by atomic mass is 35.5. The lowest BCUT2D eigenvalue weighted by Gasteiger charge is -2.13. The van der Waals surface area contributed by atoms with E-state index in [1.807, 2.05) is 0 Å². The Morgan fingerprint density at radius 1 is 1.25 bits per heavy atom. The fourth-order valence-corrected chi connectivity index (χ4v) is 1.92. The van der Waals surface area contributed by atoms with E-state index < -0.39 is 16.7 Å². The Bertz CT molecular complexity index is 392. The number of hydrogen-bond acceptors (Lipinski definition) is 1. The van der Waals surface area contributed by atoms with Crippen molar-refractivity contribution in [2.24, 2.45) is 5.92 Å². The van der Waals surface area contributed by atoms with Crippen molar-refractivity contribution in [3.05, 3.63) is 33.8 Å². The second-order valence-corrected chi connectivity index (χ2v) is 5.21. The van der Waals surface area contributed by atoms with Crippen molar-refractivity contribution >= 4 is 52.4 Å². The molecule has 0 aromatic heterocycles. The first-order valence-electron chi connectivity index (χ1n) is 4.36. The number of halogens is 4. The molecule has 0 amide bonds. The number of alkyl halides is 2. The Morgan fingerprint density at radius 2 is 1.88 bits per heavy atom. The van der Waals surface area contributed by atoms with Crippen LogP contribution in [-0.2, 0) is 11.2 Å². The summed E-state index contributed by atoms with van der Waals surface area (Å²) in [5.41, 5.74) is 0.730. The number of benzene rings is 1.